The van der Waals surface area contributed by atoms with Gasteiger partial charge in [-0.05, 0) is 56.8 Å². The molecular weight excluding hydrogens is 334 g/mol. The molecule has 0 fully saturated rings. The normalized spacial score (nSPS) is 17.8. The van der Waals surface area contributed by atoms with Gasteiger partial charge in [-0.25, -0.2) is 4.98 Å². The van der Waals surface area contributed by atoms with Crippen LogP contribution in [0.2, 0.25) is 0 Å². The zero-order valence-corrected chi connectivity index (χ0v) is 15.5. The van der Waals surface area contributed by atoms with Crippen LogP contribution in [-0.2, 0) is 17.6 Å². The second-order valence-corrected chi connectivity index (χ2v) is 7.67. The highest BCUT2D eigenvalue weighted by atomic mass is 32.1. The molecule has 3 rings (SSSR count). The number of amides is 1. The molecule has 1 aliphatic rings. The molecule has 2 atom stereocenters. The van der Waals surface area contributed by atoms with E-state index in [2.05, 4.69) is 22.5 Å². The number of benzene rings is 1. The van der Waals surface area contributed by atoms with Crippen molar-refractivity contribution in [2.24, 2.45) is 0 Å². The van der Waals surface area contributed by atoms with Crippen molar-refractivity contribution in [3.8, 4) is 5.75 Å². The van der Waals surface area contributed by atoms with E-state index in [0.717, 1.165) is 43.5 Å². The first-order valence-electron chi connectivity index (χ1n) is 8.88. The van der Waals surface area contributed by atoms with Gasteiger partial charge in [-0.1, -0.05) is 19.1 Å². The van der Waals surface area contributed by atoms with Crippen molar-refractivity contribution < 1.29 is 9.90 Å². The first kappa shape index (κ1) is 17.9. The van der Waals surface area contributed by atoms with E-state index in [4.69, 9.17) is 0 Å². The zero-order valence-electron chi connectivity index (χ0n) is 14.7. The maximum atomic E-state index is 12.5. The molecule has 0 bridgehead atoms. The summed E-state index contributed by atoms with van der Waals surface area (Å²) in [5.41, 5.74) is 2.01. The highest BCUT2D eigenvalue weighted by molar-refractivity contribution is 7.15. The standard InChI is InChI=1S/C19H25N3O2S/c1-3-10-20-14-6-9-16-17(11-14)25-19(21-16)22-18(24)12(2)13-4-7-15(23)8-5-13/h4-5,7-8,12,14,20,23H,3,6,9-11H2,1-2H3,(H,21,22,24). The summed E-state index contributed by atoms with van der Waals surface area (Å²) in [6, 6.07) is 7.27. The minimum Gasteiger partial charge on any atom is -0.508 e. The Balaban J connectivity index is 1.63. The Morgan fingerprint density at radius 1 is 1.40 bits per heavy atom. The van der Waals surface area contributed by atoms with Crippen LogP contribution in [0.15, 0.2) is 24.3 Å². The van der Waals surface area contributed by atoms with Crippen LogP contribution >= 0.6 is 11.3 Å². The molecule has 2 aromatic rings. The number of carbonyl (C=O) groups excluding carboxylic acids is 1. The summed E-state index contributed by atoms with van der Waals surface area (Å²) < 4.78 is 0. The van der Waals surface area contributed by atoms with Gasteiger partial charge in [0.25, 0.3) is 0 Å². The van der Waals surface area contributed by atoms with Crippen LogP contribution in [0.5, 0.6) is 5.75 Å². The van der Waals surface area contributed by atoms with Gasteiger partial charge in [-0.2, -0.15) is 0 Å². The number of phenols is 1. The molecule has 1 aromatic carbocycles. The monoisotopic (exact) mass is 359 g/mol. The smallest absolute Gasteiger partial charge is 0.233 e. The average Bonchev–Trinajstić information content (AvgIpc) is 3.01. The van der Waals surface area contributed by atoms with E-state index < -0.39 is 0 Å². The van der Waals surface area contributed by atoms with E-state index in [0.29, 0.717) is 11.2 Å². The SMILES string of the molecule is CCCNC1CCc2nc(NC(=O)C(C)c3ccc(O)cc3)sc2C1. The Bertz CT molecular complexity index is 727. The third-order valence-electron chi connectivity index (χ3n) is 4.64. The number of aromatic nitrogens is 1. The number of nitrogens with zero attached hydrogens (tertiary/aromatic N) is 1. The number of hydrogen-bond acceptors (Lipinski definition) is 5. The quantitative estimate of drug-likeness (QED) is 0.738. The summed E-state index contributed by atoms with van der Waals surface area (Å²) in [5, 5.41) is 16.6. The predicted octanol–water partition coefficient (Wildman–Crippen LogP) is 3.45. The molecule has 0 aliphatic heterocycles. The molecule has 134 valence electrons. The molecule has 1 aromatic heterocycles. The second-order valence-electron chi connectivity index (χ2n) is 6.59. The first-order valence-corrected chi connectivity index (χ1v) is 9.70. The van der Waals surface area contributed by atoms with Crippen LogP contribution in [0.1, 0.15) is 48.7 Å². The van der Waals surface area contributed by atoms with Crippen molar-refractivity contribution in [3.05, 3.63) is 40.4 Å². The highest BCUT2D eigenvalue weighted by Crippen LogP contribution is 2.30. The first-order chi connectivity index (χ1) is 12.1. The van der Waals surface area contributed by atoms with Gasteiger partial charge in [-0.3, -0.25) is 4.79 Å². The van der Waals surface area contributed by atoms with Gasteiger partial charge in [0, 0.05) is 10.9 Å². The number of nitrogens with one attached hydrogen (secondary N) is 2. The van der Waals surface area contributed by atoms with Gasteiger partial charge in [0.2, 0.25) is 5.91 Å². The summed E-state index contributed by atoms with van der Waals surface area (Å²) in [4.78, 5) is 18.4. The number of carbonyl (C=O) groups is 1. The van der Waals surface area contributed by atoms with Crippen molar-refractivity contribution >= 4 is 22.4 Å². The van der Waals surface area contributed by atoms with Gasteiger partial charge in [-0.15, -0.1) is 11.3 Å². The Kier molecular flexibility index (Phi) is 5.71. The molecule has 0 saturated carbocycles. The lowest BCUT2D eigenvalue weighted by atomic mass is 9.98. The Hall–Kier alpha value is -1.92. The average molecular weight is 359 g/mol. The molecule has 2 unspecified atom stereocenters. The van der Waals surface area contributed by atoms with Crippen LogP contribution in [0, 0.1) is 0 Å². The van der Waals surface area contributed by atoms with E-state index in [1.54, 1.807) is 35.6 Å². The van der Waals surface area contributed by atoms with Crippen molar-refractivity contribution in [2.45, 2.75) is 51.5 Å². The zero-order chi connectivity index (χ0) is 17.8. The van der Waals surface area contributed by atoms with Crippen molar-refractivity contribution in [2.75, 3.05) is 11.9 Å². The predicted molar refractivity (Wildman–Crippen MR) is 101 cm³/mol. The molecule has 1 heterocycles. The third-order valence-corrected chi connectivity index (χ3v) is 5.67. The summed E-state index contributed by atoms with van der Waals surface area (Å²) >= 11 is 1.59. The van der Waals surface area contributed by atoms with Crippen molar-refractivity contribution in [1.82, 2.24) is 10.3 Å². The molecule has 5 nitrogen and oxygen atoms in total. The van der Waals surface area contributed by atoms with Gasteiger partial charge >= 0.3 is 0 Å². The number of thiazole rings is 1. The second kappa shape index (κ2) is 7.97. The van der Waals surface area contributed by atoms with E-state index in [1.165, 1.54) is 4.88 Å². The number of rotatable bonds is 6. The largest absolute Gasteiger partial charge is 0.508 e. The number of anilines is 1. The Morgan fingerprint density at radius 2 is 2.16 bits per heavy atom. The van der Waals surface area contributed by atoms with Crippen molar-refractivity contribution in [3.63, 3.8) is 0 Å². The van der Waals surface area contributed by atoms with Crippen LogP contribution < -0.4 is 10.6 Å². The molecule has 6 heteroatoms. The van der Waals surface area contributed by atoms with Crippen LogP contribution in [0.25, 0.3) is 0 Å². The Labute approximate surface area is 152 Å². The third kappa shape index (κ3) is 4.38. The van der Waals surface area contributed by atoms with E-state index in [9.17, 15) is 9.90 Å². The lowest BCUT2D eigenvalue weighted by Crippen LogP contribution is -2.34. The maximum Gasteiger partial charge on any atom is 0.233 e. The fourth-order valence-electron chi connectivity index (χ4n) is 3.08. The fraction of sp³-hybridized carbons (Fsp3) is 0.474. The van der Waals surface area contributed by atoms with Gasteiger partial charge < -0.3 is 15.7 Å². The molecular formula is C19H25N3O2S. The maximum absolute atomic E-state index is 12.5. The topological polar surface area (TPSA) is 74.2 Å². The van der Waals surface area contributed by atoms with Crippen LogP contribution in [0.3, 0.4) is 0 Å². The van der Waals surface area contributed by atoms with Crippen LogP contribution in [-0.4, -0.2) is 28.6 Å². The fourth-order valence-corrected chi connectivity index (χ4v) is 4.17. The number of fused-ring (bicyclic) bond motifs is 1. The number of aromatic hydroxyl groups is 1. The lowest BCUT2D eigenvalue weighted by molar-refractivity contribution is -0.117. The summed E-state index contributed by atoms with van der Waals surface area (Å²) in [6.07, 6.45) is 4.21. The van der Waals surface area contributed by atoms with Gasteiger partial charge in [0.15, 0.2) is 5.13 Å². The number of phenolic OH excluding ortho intramolecular Hbond substituents is 1. The van der Waals surface area contributed by atoms with Gasteiger partial charge in [0.1, 0.15) is 5.75 Å². The van der Waals surface area contributed by atoms with E-state index >= 15 is 0 Å². The minimum absolute atomic E-state index is 0.0718. The van der Waals surface area contributed by atoms with Crippen LogP contribution in [0.4, 0.5) is 5.13 Å². The number of aryl methyl sites for hydroxylation is 1. The van der Waals surface area contributed by atoms with Gasteiger partial charge in [0.05, 0.1) is 11.6 Å². The lowest BCUT2D eigenvalue weighted by Gasteiger charge is -2.21. The molecule has 1 amide bonds. The van der Waals surface area contributed by atoms with E-state index in [1.807, 2.05) is 6.92 Å². The molecule has 1 aliphatic carbocycles. The molecule has 25 heavy (non-hydrogen) atoms. The molecule has 0 radical (unpaired) electrons. The summed E-state index contributed by atoms with van der Waals surface area (Å²) in [5.74, 6) is -0.159. The Morgan fingerprint density at radius 3 is 2.88 bits per heavy atom. The summed E-state index contributed by atoms with van der Waals surface area (Å²) in [6.45, 7) is 5.09. The minimum atomic E-state index is -0.291. The molecule has 3 N–H and O–H groups in total. The molecule has 0 spiro atoms. The molecule has 0 saturated heterocycles. The van der Waals surface area contributed by atoms with Crippen molar-refractivity contribution in [1.29, 1.82) is 0 Å². The number of hydrogen-bond donors (Lipinski definition) is 3. The summed E-state index contributed by atoms with van der Waals surface area (Å²) in [7, 11) is 0. The highest BCUT2D eigenvalue weighted by Gasteiger charge is 2.23. The van der Waals surface area contributed by atoms with E-state index in [-0.39, 0.29) is 17.6 Å².